The van der Waals surface area contributed by atoms with Crippen LogP contribution in [0.5, 0.6) is 5.75 Å². The molecule has 1 aromatic rings. The molecule has 5 rings (SSSR count). The molecular formula is C34H49N5O6. The second-order valence-corrected chi connectivity index (χ2v) is 14.8. The van der Waals surface area contributed by atoms with E-state index in [1.54, 1.807) is 12.0 Å². The number of hydrogen-bond acceptors (Lipinski definition) is 6. The minimum absolute atomic E-state index is 0.0120. The van der Waals surface area contributed by atoms with Gasteiger partial charge < -0.3 is 31.3 Å². The van der Waals surface area contributed by atoms with Gasteiger partial charge in [0.05, 0.1) is 13.2 Å². The van der Waals surface area contributed by atoms with Gasteiger partial charge in [-0.05, 0) is 73.0 Å². The first kappa shape index (κ1) is 32.8. The molecule has 246 valence electrons. The third-order valence-corrected chi connectivity index (χ3v) is 10.1. The van der Waals surface area contributed by atoms with Crippen molar-refractivity contribution in [3.05, 3.63) is 29.8 Å². The predicted octanol–water partition coefficient (Wildman–Crippen LogP) is 2.84. The molecule has 0 spiro atoms. The van der Waals surface area contributed by atoms with Crippen LogP contribution in [0.4, 0.5) is 4.79 Å². The summed E-state index contributed by atoms with van der Waals surface area (Å²) in [5, 5.41) is 9.04. The number of likely N-dealkylation sites (tertiary alicyclic amines) is 1. The highest BCUT2D eigenvalue weighted by atomic mass is 16.5. The van der Waals surface area contributed by atoms with Crippen molar-refractivity contribution >= 4 is 29.5 Å². The first-order valence-corrected chi connectivity index (χ1v) is 16.5. The molecular weight excluding hydrogens is 574 g/mol. The van der Waals surface area contributed by atoms with Crippen LogP contribution in [0, 0.1) is 23.2 Å². The number of methoxy groups -OCH3 is 1. The largest absolute Gasteiger partial charge is 0.497 e. The third kappa shape index (κ3) is 7.79. The number of benzene rings is 1. The standard InChI is InChI=1S/C34H49N5O6/c1-33(2,3)28(37-32(44)38-34(13-6-5-7-14-34)18-21-9-8-10-23(15-21)45-4)31(43)39-19-22-17-24(22)26(39)30(42)36-25(16-20-11-12-20)27(40)29(35)41/h8-10,15,20,22,24-26,28H,5-7,11-14,16-19H2,1-4H3,(H2,35,41)(H,36,42)(H2,37,38,44)/t22-,24-,25?,26-,28+/m0/s1. The lowest BCUT2D eigenvalue weighted by Gasteiger charge is -2.40. The van der Waals surface area contributed by atoms with E-state index in [4.69, 9.17) is 10.5 Å². The summed E-state index contributed by atoms with van der Waals surface area (Å²) < 4.78 is 5.41. The normalized spacial score (nSPS) is 24.9. The minimum Gasteiger partial charge on any atom is -0.497 e. The van der Waals surface area contributed by atoms with E-state index in [0.29, 0.717) is 19.4 Å². The Kier molecular flexibility index (Phi) is 9.46. The van der Waals surface area contributed by atoms with Gasteiger partial charge in [-0.2, -0.15) is 0 Å². The molecule has 5 atom stereocenters. The van der Waals surface area contributed by atoms with Crippen molar-refractivity contribution < 1.29 is 28.7 Å². The second-order valence-electron chi connectivity index (χ2n) is 14.8. The number of ether oxygens (including phenoxy) is 1. The van der Waals surface area contributed by atoms with E-state index < -0.39 is 52.7 Å². The van der Waals surface area contributed by atoms with Gasteiger partial charge in [-0.1, -0.05) is 65.0 Å². The van der Waals surface area contributed by atoms with Crippen molar-refractivity contribution in [2.75, 3.05) is 13.7 Å². The third-order valence-electron chi connectivity index (χ3n) is 10.1. The monoisotopic (exact) mass is 623 g/mol. The summed E-state index contributed by atoms with van der Waals surface area (Å²) in [6.07, 6.45) is 8.49. The molecule has 11 nitrogen and oxygen atoms in total. The lowest BCUT2D eigenvalue weighted by atomic mass is 9.77. The van der Waals surface area contributed by atoms with Crippen LogP contribution in [-0.4, -0.2) is 71.8 Å². The molecule has 3 aliphatic carbocycles. The minimum atomic E-state index is -1.07. The molecule has 0 bridgehead atoms. The number of urea groups is 1. The van der Waals surface area contributed by atoms with Crippen LogP contribution in [0.15, 0.2) is 24.3 Å². The average molecular weight is 624 g/mol. The summed E-state index contributed by atoms with van der Waals surface area (Å²) in [4.78, 5) is 67.3. The number of Topliss-reactive ketones (excluding diaryl/α,β-unsaturated/α-hetero) is 1. The molecule has 5 N–H and O–H groups in total. The summed E-state index contributed by atoms with van der Waals surface area (Å²) in [5.74, 6) is -1.42. The van der Waals surface area contributed by atoms with Gasteiger partial charge in [0.1, 0.15) is 17.8 Å². The zero-order chi connectivity index (χ0) is 32.5. The van der Waals surface area contributed by atoms with E-state index in [2.05, 4.69) is 16.0 Å². The van der Waals surface area contributed by atoms with Gasteiger partial charge in [0.15, 0.2) is 0 Å². The highest BCUT2D eigenvalue weighted by molar-refractivity contribution is 6.37. The summed E-state index contributed by atoms with van der Waals surface area (Å²) in [6, 6.07) is 4.82. The lowest BCUT2D eigenvalue weighted by Crippen LogP contribution is -2.63. The Morgan fingerprint density at radius 1 is 1.07 bits per heavy atom. The number of nitrogens with zero attached hydrogens (tertiary/aromatic N) is 1. The molecule has 1 aliphatic heterocycles. The highest BCUT2D eigenvalue weighted by Crippen LogP contribution is 2.50. The van der Waals surface area contributed by atoms with Crippen LogP contribution in [0.25, 0.3) is 0 Å². The van der Waals surface area contributed by atoms with Crippen LogP contribution in [0.3, 0.4) is 0 Å². The number of amides is 5. The van der Waals surface area contributed by atoms with Crippen LogP contribution >= 0.6 is 0 Å². The van der Waals surface area contributed by atoms with Crippen LogP contribution in [0.1, 0.15) is 84.1 Å². The Hall–Kier alpha value is -3.63. The van der Waals surface area contributed by atoms with Gasteiger partial charge in [0, 0.05) is 12.1 Å². The quantitative estimate of drug-likeness (QED) is 0.262. The number of carbonyl (C=O) groups is 5. The number of rotatable bonds is 12. The summed E-state index contributed by atoms with van der Waals surface area (Å²) in [5.41, 5.74) is 5.25. The zero-order valence-electron chi connectivity index (χ0n) is 27.0. The number of nitrogens with one attached hydrogen (secondary N) is 3. The van der Waals surface area contributed by atoms with E-state index in [9.17, 15) is 24.0 Å². The van der Waals surface area contributed by atoms with E-state index in [-0.39, 0.29) is 23.7 Å². The van der Waals surface area contributed by atoms with Crippen molar-refractivity contribution in [1.29, 1.82) is 0 Å². The Morgan fingerprint density at radius 3 is 2.40 bits per heavy atom. The lowest BCUT2D eigenvalue weighted by molar-refractivity contribution is -0.144. The van der Waals surface area contributed by atoms with Crippen LogP contribution < -0.4 is 26.4 Å². The molecule has 5 amide bonds. The smallest absolute Gasteiger partial charge is 0.315 e. The van der Waals surface area contributed by atoms with E-state index >= 15 is 0 Å². The Balaban J connectivity index is 1.30. The van der Waals surface area contributed by atoms with Crippen LogP contribution in [0.2, 0.25) is 0 Å². The molecule has 1 aromatic carbocycles. The van der Waals surface area contributed by atoms with Gasteiger partial charge in [0.2, 0.25) is 17.6 Å². The van der Waals surface area contributed by atoms with E-state index in [1.165, 1.54) is 0 Å². The number of nitrogens with two attached hydrogens (primary N) is 1. The topological polar surface area (TPSA) is 160 Å². The second kappa shape index (κ2) is 13.0. The van der Waals surface area contributed by atoms with Crippen molar-refractivity contribution in [2.45, 2.75) is 109 Å². The van der Waals surface area contributed by atoms with Crippen molar-refractivity contribution in [1.82, 2.24) is 20.9 Å². The predicted molar refractivity (Wildman–Crippen MR) is 168 cm³/mol. The van der Waals surface area contributed by atoms with Gasteiger partial charge in [-0.15, -0.1) is 0 Å². The molecule has 45 heavy (non-hydrogen) atoms. The number of primary amides is 1. The molecule has 0 aromatic heterocycles. The molecule has 1 saturated heterocycles. The molecule has 3 saturated carbocycles. The van der Waals surface area contributed by atoms with Gasteiger partial charge in [-0.25, -0.2) is 4.79 Å². The fourth-order valence-electron chi connectivity index (χ4n) is 7.35. The first-order valence-electron chi connectivity index (χ1n) is 16.5. The van der Waals surface area contributed by atoms with Gasteiger partial charge in [-0.3, -0.25) is 19.2 Å². The highest BCUT2D eigenvalue weighted by Gasteiger charge is 2.58. The fraction of sp³-hybridized carbons (Fsp3) is 0.676. The maximum Gasteiger partial charge on any atom is 0.315 e. The maximum absolute atomic E-state index is 14.2. The number of ketones is 1. The number of piperidine rings is 1. The molecule has 4 fully saturated rings. The van der Waals surface area contributed by atoms with Crippen molar-refractivity contribution in [3.8, 4) is 5.75 Å². The Morgan fingerprint density at radius 2 is 1.78 bits per heavy atom. The molecule has 1 unspecified atom stereocenters. The van der Waals surface area contributed by atoms with Crippen LogP contribution in [-0.2, 0) is 25.6 Å². The summed E-state index contributed by atoms with van der Waals surface area (Å²) in [6.45, 7) is 6.09. The maximum atomic E-state index is 14.2. The number of hydrogen-bond donors (Lipinski definition) is 4. The SMILES string of the molecule is COc1cccc(CC2(NC(=O)N[C@H](C(=O)N3C[C@@H]4C[C@@H]4[C@H]3C(=O)NC(CC3CC3)C(=O)C(N)=O)C(C)(C)C)CCCCC2)c1. The first-order chi connectivity index (χ1) is 21.3. The fourth-order valence-corrected chi connectivity index (χ4v) is 7.35. The Bertz CT molecular complexity index is 1310. The summed E-state index contributed by atoms with van der Waals surface area (Å²) >= 11 is 0. The van der Waals surface area contributed by atoms with E-state index in [0.717, 1.165) is 62.7 Å². The summed E-state index contributed by atoms with van der Waals surface area (Å²) in [7, 11) is 1.63. The van der Waals surface area contributed by atoms with Crippen molar-refractivity contribution in [2.24, 2.45) is 28.9 Å². The molecule has 1 heterocycles. The van der Waals surface area contributed by atoms with Gasteiger partial charge in [0.25, 0.3) is 5.91 Å². The average Bonchev–Trinajstić information content (AvgIpc) is 3.92. The molecule has 11 heteroatoms. The van der Waals surface area contributed by atoms with Gasteiger partial charge >= 0.3 is 6.03 Å². The number of carbonyl (C=O) groups excluding carboxylic acids is 5. The number of fused-ring (bicyclic) bond motifs is 1. The molecule has 0 radical (unpaired) electrons. The van der Waals surface area contributed by atoms with Crippen molar-refractivity contribution in [3.63, 3.8) is 0 Å². The zero-order valence-corrected chi connectivity index (χ0v) is 27.0. The Labute approximate surface area is 265 Å². The molecule has 4 aliphatic rings. The van der Waals surface area contributed by atoms with E-state index in [1.807, 2.05) is 45.0 Å².